The molecule has 0 spiro atoms. The maximum Gasteiger partial charge on any atom is 0.339 e. The van der Waals surface area contributed by atoms with Crippen molar-refractivity contribution in [2.75, 3.05) is 12.4 Å². The number of methoxy groups -OCH3 is 1. The van der Waals surface area contributed by atoms with Crippen LogP contribution in [0.15, 0.2) is 76.1 Å². The molecule has 0 amide bonds. The fourth-order valence-corrected chi connectivity index (χ4v) is 4.41. The Kier molecular flexibility index (Phi) is 5.61. The summed E-state index contributed by atoms with van der Waals surface area (Å²) in [7, 11) is 3.23. The fourth-order valence-electron chi connectivity index (χ4n) is 4.41. The van der Waals surface area contributed by atoms with E-state index in [4.69, 9.17) is 9.15 Å². The number of nitrogens with one attached hydrogen (secondary N) is 1. The van der Waals surface area contributed by atoms with Crippen LogP contribution in [0.1, 0.15) is 34.5 Å². The molecule has 1 N–H and O–H groups in total. The average Bonchev–Trinajstić information content (AvgIpc) is 3.23. The number of para-hydroxylation sites is 1. The van der Waals surface area contributed by atoms with Crippen molar-refractivity contribution >= 4 is 33.5 Å². The van der Waals surface area contributed by atoms with Crippen LogP contribution in [0.3, 0.4) is 0 Å². The maximum absolute atomic E-state index is 13.2. The van der Waals surface area contributed by atoms with Crippen molar-refractivity contribution in [3.05, 3.63) is 93.8 Å². The number of ether oxygens (including phenoxy) is 1. The van der Waals surface area contributed by atoms with Gasteiger partial charge in [-0.1, -0.05) is 18.2 Å². The topological polar surface area (TPSA) is 86.4 Å². The Bertz CT molecular complexity index is 1650. The van der Waals surface area contributed by atoms with E-state index < -0.39 is 5.97 Å². The number of fused-ring (bicyclic) bond motifs is 2. The Balaban J connectivity index is 1.62. The maximum atomic E-state index is 13.2. The summed E-state index contributed by atoms with van der Waals surface area (Å²) in [5, 5.41) is 9.28. The predicted molar refractivity (Wildman–Crippen MR) is 137 cm³/mol. The van der Waals surface area contributed by atoms with Gasteiger partial charge in [0.1, 0.15) is 11.3 Å². The Labute approximate surface area is 201 Å². The van der Waals surface area contributed by atoms with E-state index in [1.165, 1.54) is 13.2 Å². The molecule has 176 valence electrons. The molecule has 7 nitrogen and oxygen atoms in total. The van der Waals surface area contributed by atoms with Crippen molar-refractivity contribution in [2.24, 2.45) is 7.05 Å². The van der Waals surface area contributed by atoms with Crippen LogP contribution in [-0.4, -0.2) is 22.9 Å². The van der Waals surface area contributed by atoms with Crippen molar-refractivity contribution in [3.63, 3.8) is 0 Å². The third-order valence-corrected chi connectivity index (χ3v) is 6.08. The molecule has 0 bridgehead atoms. The van der Waals surface area contributed by atoms with Crippen LogP contribution in [0.25, 0.3) is 33.2 Å². The molecule has 5 rings (SSSR count). The summed E-state index contributed by atoms with van der Waals surface area (Å²) in [6.45, 7) is 3.92. The number of rotatable bonds is 5. The van der Waals surface area contributed by atoms with Gasteiger partial charge in [0.25, 0.3) is 0 Å². The minimum Gasteiger partial charge on any atom is -0.465 e. The molecule has 0 aliphatic rings. The van der Waals surface area contributed by atoms with Gasteiger partial charge in [0, 0.05) is 41.5 Å². The SMILES string of the molecule is COC(=O)c1ccccc1NC(C)c1cc(C)cc2c(=O)cc(-c3ccc4nn(C)cc4c3)oc12. The molecule has 0 saturated carbocycles. The summed E-state index contributed by atoms with van der Waals surface area (Å²) in [5.74, 6) is 0.0644. The van der Waals surface area contributed by atoms with E-state index in [-0.39, 0.29) is 11.5 Å². The van der Waals surface area contributed by atoms with Crippen molar-refractivity contribution in [2.45, 2.75) is 19.9 Å². The van der Waals surface area contributed by atoms with Gasteiger partial charge in [0.2, 0.25) is 0 Å². The lowest BCUT2D eigenvalue weighted by atomic mass is 10.00. The van der Waals surface area contributed by atoms with Gasteiger partial charge in [-0.2, -0.15) is 5.10 Å². The molecule has 2 aromatic heterocycles. The summed E-state index contributed by atoms with van der Waals surface area (Å²) in [6.07, 6.45) is 1.93. The Morgan fingerprint density at radius 2 is 1.91 bits per heavy atom. The van der Waals surface area contributed by atoms with Gasteiger partial charge >= 0.3 is 5.97 Å². The number of nitrogens with zero attached hydrogens (tertiary/aromatic N) is 2. The predicted octanol–water partition coefficient (Wildman–Crippen LogP) is 5.61. The zero-order valence-corrected chi connectivity index (χ0v) is 20.0. The number of aromatic nitrogens is 2. The van der Waals surface area contributed by atoms with Gasteiger partial charge in [0.05, 0.1) is 29.6 Å². The van der Waals surface area contributed by atoms with Crippen LogP contribution >= 0.6 is 0 Å². The molecule has 0 radical (unpaired) electrons. The van der Waals surface area contributed by atoms with Gasteiger partial charge in [-0.15, -0.1) is 0 Å². The Morgan fingerprint density at radius 1 is 1.11 bits per heavy atom. The monoisotopic (exact) mass is 467 g/mol. The van der Waals surface area contributed by atoms with Gasteiger partial charge in [0.15, 0.2) is 5.43 Å². The summed E-state index contributed by atoms with van der Waals surface area (Å²) in [4.78, 5) is 25.4. The largest absolute Gasteiger partial charge is 0.465 e. The van der Waals surface area contributed by atoms with Crippen LogP contribution in [0.4, 0.5) is 5.69 Å². The molecular formula is C28H25N3O4. The van der Waals surface area contributed by atoms with Crippen molar-refractivity contribution in [1.82, 2.24) is 9.78 Å². The second-order valence-corrected chi connectivity index (χ2v) is 8.69. The van der Waals surface area contributed by atoms with Crippen LogP contribution in [0.2, 0.25) is 0 Å². The quantitative estimate of drug-likeness (QED) is 0.338. The number of benzene rings is 3. The number of anilines is 1. The van der Waals surface area contributed by atoms with Gasteiger partial charge < -0.3 is 14.5 Å². The molecule has 35 heavy (non-hydrogen) atoms. The lowest BCUT2D eigenvalue weighted by Crippen LogP contribution is -2.13. The highest BCUT2D eigenvalue weighted by Gasteiger charge is 2.19. The Hall–Kier alpha value is -4.39. The van der Waals surface area contributed by atoms with Crippen LogP contribution < -0.4 is 10.7 Å². The summed E-state index contributed by atoms with van der Waals surface area (Å²) in [6, 6.07) is 18.1. The van der Waals surface area contributed by atoms with Crippen molar-refractivity contribution in [1.29, 1.82) is 0 Å². The van der Waals surface area contributed by atoms with E-state index in [9.17, 15) is 9.59 Å². The van der Waals surface area contributed by atoms with E-state index in [0.29, 0.717) is 28.0 Å². The summed E-state index contributed by atoms with van der Waals surface area (Å²) >= 11 is 0. The molecule has 0 fully saturated rings. The second kappa shape index (κ2) is 8.76. The number of esters is 1. The number of carbonyl (C=O) groups excluding carboxylic acids is 1. The first-order valence-electron chi connectivity index (χ1n) is 11.3. The molecular weight excluding hydrogens is 442 g/mol. The minimum absolute atomic E-state index is 0.111. The van der Waals surface area contributed by atoms with Crippen LogP contribution in [0.5, 0.6) is 0 Å². The normalized spacial score (nSPS) is 12.1. The average molecular weight is 468 g/mol. The summed E-state index contributed by atoms with van der Waals surface area (Å²) < 4.78 is 13.0. The van der Waals surface area contributed by atoms with Crippen LogP contribution in [-0.2, 0) is 11.8 Å². The van der Waals surface area contributed by atoms with Gasteiger partial charge in [-0.3, -0.25) is 9.48 Å². The highest BCUT2D eigenvalue weighted by molar-refractivity contribution is 5.95. The second-order valence-electron chi connectivity index (χ2n) is 8.69. The molecule has 2 heterocycles. The van der Waals surface area contributed by atoms with Crippen molar-refractivity contribution < 1.29 is 13.9 Å². The number of hydrogen-bond acceptors (Lipinski definition) is 6. The van der Waals surface area contributed by atoms with E-state index >= 15 is 0 Å². The first-order chi connectivity index (χ1) is 16.8. The van der Waals surface area contributed by atoms with E-state index in [1.54, 1.807) is 16.8 Å². The first-order valence-corrected chi connectivity index (χ1v) is 11.3. The lowest BCUT2D eigenvalue weighted by Gasteiger charge is -2.19. The smallest absolute Gasteiger partial charge is 0.339 e. The van der Waals surface area contributed by atoms with E-state index in [0.717, 1.165) is 27.6 Å². The first kappa shape index (κ1) is 22.4. The highest BCUT2D eigenvalue weighted by atomic mass is 16.5. The zero-order valence-electron chi connectivity index (χ0n) is 20.0. The highest BCUT2D eigenvalue weighted by Crippen LogP contribution is 2.32. The number of hydrogen-bond donors (Lipinski definition) is 1. The van der Waals surface area contributed by atoms with E-state index in [1.807, 2.05) is 69.6 Å². The Morgan fingerprint density at radius 3 is 2.71 bits per heavy atom. The molecule has 0 aliphatic heterocycles. The molecule has 7 heteroatoms. The third kappa shape index (κ3) is 4.17. The zero-order chi connectivity index (χ0) is 24.7. The minimum atomic E-state index is -0.422. The molecule has 1 unspecified atom stereocenters. The van der Waals surface area contributed by atoms with Gasteiger partial charge in [-0.05, 0) is 55.8 Å². The lowest BCUT2D eigenvalue weighted by molar-refractivity contribution is 0.0602. The standard InChI is InChI=1S/C28H25N3O4/c1-16-11-21(17(2)29-24-8-6-5-7-20(24)28(33)34-4)27-22(12-16)25(32)14-26(35-27)18-9-10-23-19(13-18)15-31(3)30-23/h5-15,17,29H,1-4H3. The fraction of sp³-hybridized carbons (Fsp3) is 0.179. The summed E-state index contributed by atoms with van der Waals surface area (Å²) in [5.41, 5.74) is 4.91. The van der Waals surface area contributed by atoms with Crippen LogP contribution in [0, 0.1) is 6.92 Å². The van der Waals surface area contributed by atoms with Gasteiger partial charge in [-0.25, -0.2) is 4.79 Å². The number of aryl methyl sites for hydroxylation is 2. The molecule has 0 saturated heterocycles. The van der Waals surface area contributed by atoms with Crippen molar-refractivity contribution in [3.8, 4) is 11.3 Å². The molecule has 5 aromatic rings. The molecule has 1 atom stereocenters. The molecule has 3 aromatic carbocycles. The number of carbonyl (C=O) groups is 1. The van der Waals surface area contributed by atoms with E-state index in [2.05, 4.69) is 10.4 Å². The third-order valence-electron chi connectivity index (χ3n) is 6.08. The molecule has 0 aliphatic carbocycles.